The van der Waals surface area contributed by atoms with Crippen LogP contribution in [-0.2, 0) is 26.2 Å². The minimum absolute atomic E-state index is 0.00310. The van der Waals surface area contributed by atoms with Gasteiger partial charge in [0.1, 0.15) is 5.75 Å². The first-order valence-corrected chi connectivity index (χ1v) is 20.4. The molecule has 1 unspecified atom stereocenters. The molecule has 2 atom stereocenters. The molecule has 0 aliphatic carbocycles. The number of hydrogen-bond donors (Lipinski definition) is 2. The summed E-state index contributed by atoms with van der Waals surface area (Å²) in [5, 5.41) is 12.9. The Kier molecular flexibility index (Phi) is 15.7. The summed E-state index contributed by atoms with van der Waals surface area (Å²) in [4.78, 5) is 48.8. The quantitative estimate of drug-likeness (QED) is 0.0674. The van der Waals surface area contributed by atoms with Crippen LogP contribution in [-0.4, -0.2) is 59.1 Å². The third-order valence-electron chi connectivity index (χ3n) is 10.8. The molecule has 4 aromatic rings. The largest absolute Gasteiger partial charge is 0.494 e. The molecule has 56 heavy (non-hydrogen) atoms. The van der Waals surface area contributed by atoms with Crippen molar-refractivity contribution in [3.63, 3.8) is 0 Å². The van der Waals surface area contributed by atoms with Crippen molar-refractivity contribution in [1.29, 1.82) is 0 Å². The molecule has 5 rings (SSSR count). The van der Waals surface area contributed by atoms with Gasteiger partial charge in [0.25, 0.3) is 0 Å². The molecule has 1 aliphatic heterocycles. The molecule has 1 amide bonds. The highest BCUT2D eigenvalue weighted by Crippen LogP contribution is 2.27. The summed E-state index contributed by atoms with van der Waals surface area (Å²) in [6.07, 6.45) is 12.1. The van der Waals surface area contributed by atoms with Crippen molar-refractivity contribution in [2.75, 3.05) is 26.4 Å². The molecule has 3 aromatic carbocycles. The number of carbonyl (C=O) groups excluding carboxylic acids is 2. The van der Waals surface area contributed by atoms with E-state index in [0.29, 0.717) is 37.4 Å². The van der Waals surface area contributed by atoms with E-state index in [-0.39, 0.29) is 36.0 Å². The maximum absolute atomic E-state index is 13.8. The third kappa shape index (κ3) is 12.8. The number of rotatable bonds is 20. The topological polar surface area (TPSA) is 128 Å². The highest BCUT2D eigenvalue weighted by Gasteiger charge is 2.28. The van der Waals surface area contributed by atoms with Gasteiger partial charge in [-0.3, -0.25) is 14.4 Å². The molecule has 1 aromatic heterocycles. The Labute approximate surface area is 332 Å². The van der Waals surface area contributed by atoms with Gasteiger partial charge in [-0.05, 0) is 72.3 Å². The summed E-state index contributed by atoms with van der Waals surface area (Å²) in [6, 6.07) is 23.3. The van der Waals surface area contributed by atoms with Gasteiger partial charge in [0.2, 0.25) is 5.91 Å². The second kappa shape index (κ2) is 20.9. The fourth-order valence-electron chi connectivity index (χ4n) is 7.12. The number of benzene rings is 3. The molecular formula is C47H59N3O6. The summed E-state index contributed by atoms with van der Waals surface area (Å²) in [5.41, 5.74) is 5.23. The van der Waals surface area contributed by atoms with E-state index in [1.54, 1.807) is 0 Å². The number of unbranched alkanes of at least 4 members (excludes halogenated alkanes) is 4. The molecule has 1 aliphatic rings. The summed E-state index contributed by atoms with van der Waals surface area (Å²) in [7, 11) is 0. The minimum atomic E-state index is -0.930. The van der Waals surface area contributed by atoms with Crippen LogP contribution in [0, 0.1) is 17.8 Å². The minimum Gasteiger partial charge on any atom is -0.494 e. The van der Waals surface area contributed by atoms with Crippen molar-refractivity contribution in [3.8, 4) is 28.3 Å². The zero-order valence-electron chi connectivity index (χ0n) is 33.6. The molecule has 298 valence electrons. The van der Waals surface area contributed by atoms with Crippen LogP contribution in [0.3, 0.4) is 0 Å². The second-order valence-electron chi connectivity index (χ2n) is 16.2. The first-order chi connectivity index (χ1) is 27.0. The highest BCUT2D eigenvalue weighted by molar-refractivity contribution is 5.98. The zero-order valence-corrected chi connectivity index (χ0v) is 33.6. The van der Waals surface area contributed by atoms with Crippen LogP contribution in [0.4, 0.5) is 0 Å². The average molecular weight is 762 g/mol. The lowest BCUT2D eigenvalue weighted by Gasteiger charge is -2.25. The number of nitrogens with zero attached hydrogens (tertiary/aromatic N) is 2. The number of ether oxygens (including phenoxy) is 2. The van der Waals surface area contributed by atoms with Crippen molar-refractivity contribution in [3.05, 3.63) is 102 Å². The predicted octanol–water partition coefficient (Wildman–Crippen LogP) is 9.52. The van der Waals surface area contributed by atoms with Crippen LogP contribution in [0.15, 0.2) is 85.2 Å². The number of ketones is 1. The molecule has 9 nitrogen and oxygen atoms in total. The first-order valence-electron chi connectivity index (χ1n) is 20.4. The van der Waals surface area contributed by atoms with Crippen LogP contribution in [0.25, 0.3) is 22.5 Å². The first kappa shape index (κ1) is 42.3. The number of carbonyl (C=O) groups is 3. The number of amides is 1. The number of aliphatic carboxylic acids is 1. The Morgan fingerprint density at radius 3 is 2.09 bits per heavy atom. The number of carboxylic acids is 1. The molecule has 0 saturated carbocycles. The molecule has 0 spiro atoms. The van der Waals surface area contributed by atoms with Gasteiger partial charge in [-0.25, -0.2) is 9.97 Å². The van der Waals surface area contributed by atoms with Crippen molar-refractivity contribution in [2.45, 2.75) is 97.3 Å². The lowest BCUT2D eigenvalue weighted by molar-refractivity contribution is -0.142. The Morgan fingerprint density at radius 2 is 1.46 bits per heavy atom. The van der Waals surface area contributed by atoms with Gasteiger partial charge in [0, 0.05) is 61.2 Å². The van der Waals surface area contributed by atoms with Crippen molar-refractivity contribution in [2.24, 2.45) is 17.8 Å². The number of carboxylic acid groups (broad SMARTS) is 1. The molecular weight excluding hydrogens is 703 g/mol. The normalized spacial score (nSPS) is 14.5. The highest BCUT2D eigenvalue weighted by atomic mass is 16.5. The van der Waals surface area contributed by atoms with E-state index >= 15 is 0 Å². The summed E-state index contributed by atoms with van der Waals surface area (Å²) in [5.74, 6) is -1.11. The predicted molar refractivity (Wildman–Crippen MR) is 221 cm³/mol. The zero-order chi connectivity index (χ0) is 39.9. The van der Waals surface area contributed by atoms with Crippen LogP contribution < -0.4 is 10.1 Å². The number of aromatic nitrogens is 2. The Morgan fingerprint density at radius 1 is 0.821 bits per heavy atom. The average Bonchev–Trinajstić information content (AvgIpc) is 3.21. The third-order valence-corrected chi connectivity index (χ3v) is 10.8. The fourth-order valence-corrected chi connectivity index (χ4v) is 7.12. The van der Waals surface area contributed by atoms with E-state index in [1.165, 1.54) is 25.7 Å². The van der Waals surface area contributed by atoms with Gasteiger partial charge in [0.15, 0.2) is 11.6 Å². The molecule has 2 N–H and O–H groups in total. The van der Waals surface area contributed by atoms with Crippen LogP contribution >= 0.6 is 0 Å². The van der Waals surface area contributed by atoms with Crippen molar-refractivity contribution in [1.82, 2.24) is 15.3 Å². The van der Waals surface area contributed by atoms with Crippen molar-refractivity contribution >= 4 is 17.7 Å². The molecule has 1 fully saturated rings. The summed E-state index contributed by atoms with van der Waals surface area (Å²) < 4.78 is 11.4. The lowest BCUT2D eigenvalue weighted by atomic mass is 9.85. The maximum Gasteiger partial charge on any atom is 0.308 e. The second-order valence-corrected chi connectivity index (χ2v) is 16.2. The number of nitrogens with one attached hydrogen (secondary N) is 1. The molecule has 0 bridgehead atoms. The van der Waals surface area contributed by atoms with Gasteiger partial charge >= 0.3 is 5.97 Å². The number of hydrogen-bond acceptors (Lipinski definition) is 7. The van der Waals surface area contributed by atoms with Crippen LogP contribution in [0.2, 0.25) is 0 Å². The van der Waals surface area contributed by atoms with Crippen LogP contribution in [0.1, 0.15) is 107 Å². The van der Waals surface area contributed by atoms with Gasteiger partial charge in [-0.15, -0.1) is 0 Å². The monoisotopic (exact) mass is 761 g/mol. The van der Waals surface area contributed by atoms with E-state index in [9.17, 15) is 19.5 Å². The van der Waals surface area contributed by atoms with E-state index in [1.807, 2.05) is 85.2 Å². The van der Waals surface area contributed by atoms with Gasteiger partial charge in [0.05, 0.1) is 12.5 Å². The smallest absolute Gasteiger partial charge is 0.308 e. The van der Waals surface area contributed by atoms with Crippen LogP contribution in [0.5, 0.6) is 5.75 Å². The van der Waals surface area contributed by atoms with Gasteiger partial charge in [-0.1, -0.05) is 114 Å². The number of Topliss-reactive ketones (excluding diaryl/α,β-unsaturated/α-hetero) is 1. The van der Waals surface area contributed by atoms with E-state index < -0.39 is 17.8 Å². The maximum atomic E-state index is 13.8. The Hall–Kier alpha value is -4.89. The Balaban J connectivity index is 1.23. The fraction of sp³-hybridized carbons (Fsp3) is 0.468. The molecule has 2 heterocycles. The van der Waals surface area contributed by atoms with E-state index in [4.69, 9.17) is 9.47 Å². The van der Waals surface area contributed by atoms with Gasteiger partial charge < -0.3 is 19.9 Å². The van der Waals surface area contributed by atoms with E-state index in [0.717, 1.165) is 59.4 Å². The standard InChI is InChI=1S/C47H59N3O6/c1-5-6-7-8-9-24-56-42-20-16-35(17-21-42)40-31-48-44(49-32-40)37-12-10-33(11-13-37)27-38(29-43(51)36-14-18-41(19-15-36)47(2,3)4)45(52)50-30-39(46(53)54)28-34-22-25-55-26-23-34/h10-21,31-32,34,38-39H,5-9,22-30H2,1-4H3,(H,50,52)(H,53,54)/t38-,39?/m1/s1. The van der Waals surface area contributed by atoms with Gasteiger partial charge in [-0.2, -0.15) is 0 Å². The SMILES string of the molecule is CCCCCCCOc1ccc(-c2cnc(-c3ccc(C[C@H](CC(=O)c4ccc(C(C)(C)C)cc4)C(=O)NCC(CC4CCOCC4)C(=O)O)cc3)nc2)cc1. The van der Waals surface area contributed by atoms with E-state index in [2.05, 4.69) is 43.0 Å². The Bertz CT molecular complexity index is 1830. The van der Waals surface area contributed by atoms with Crippen molar-refractivity contribution < 1.29 is 29.0 Å². The summed E-state index contributed by atoms with van der Waals surface area (Å²) >= 11 is 0. The molecule has 0 radical (unpaired) electrons. The molecule has 1 saturated heterocycles. The lowest BCUT2D eigenvalue weighted by Crippen LogP contribution is -2.39. The summed E-state index contributed by atoms with van der Waals surface area (Å²) in [6.45, 7) is 10.6. The molecule has 9 heteroatoms.